The SMILES string of the molecule is CC(C)NC(=O)Nc1ccc(CNC(=O)C2NNC(C(C)C)C2Br)cc1. The summed E-state index contributed by atoms with van der Waals surface area (Å²) in [6, 6.07) is 7.14. The highest BCUT2D eigenvalue weighted by atomic mass is 79.9. The number of rotatable bonds is 6. The molecule has 1 saturated heterocycles. The third kappa shape index (κ3) is 5.69. The Kier molecular flexibility index (Phi) is 7.43. The van der Waals surface area contributed by atoms with Crippen molar-refractivity contribution in [2.75, 3.05) is 5.32 Å². The maximum Gasteiger partial charge on any atom is 0.319 e. The van der Waals surface area contributed by atoms with Gasteiger partial charge in [0.05, 0.1) is 4.83 Å². The van der Waals surface area contributed by atoms with Crippen molar-refractivity contribution in [3.8, 4) is 0 Å². The molecule has 3 amide bonds. The Morgan fingerprint density at radius 2 is 1.77 bits per heavy atom. The zero-order valence-corrected chi connectivity index (χ0v) is 17.2. The van der Waals surface area contributed by atoms with Crippen LogP contribution >= 0.6 is 15.9 Å². The molecule has 1 heterocycles. The van der Waals surface area contributed by atoms with Crippen LogP contribution in [0.5, 0.6) is 0 Å². The van der Waals surface area contributed by atoms with E-state index in [2.05, 4.69) is 56.6 Å². The van der Waals surface area contributed by atoms with E-state index >= 15 is 0 Å². The van der Waals surface area contributed by atoms with Crippen LogP contribution in [0.25, 0.3) is 0 Å². The second-order valence-corrected chi connectivity index (χ2v) is 8.21. The lowest BCUT2D eigenvalue weighted by atomic mass is 9.99. The van der Waals surface area contributed by atoms with Crippen molar-refractivity contribution in [3.05, 3.63) is 29.8 Å². The number of benzene rings is 1. The van der Waals surface area contributed by atoms with E-state index < -0.39 is 0 Å². The molecule has 0 aromatic heterocycles. The molecule has 144 valence electrons. The molecule has 1 aliphatic rings. The molecule has 0 saturated carbocycles. The molecule has 8 heteroatoms. The summed E-state index contributed by atoms with van der Waals surface area (Å²) in [5.74, 6) is 0.360. The normalized spacial score (nSPS) is 22.5. The monoisotopic (exact) mass is 425 g/mol. The first kappa shape index (κ1) is 20.7. The molecule has 1 aromatic carbocycles. The van der Waals surface area contributed by atoms with Gasteiger partial charge in [-0.2, -0.15) is 0 Å². The molecular formula is C18H28BrN5O2. The summed E-state index contributed by atoms with van der Waals surface area (Å²) in [7, 11) is 0. The minimum absolute atomic E-state index is 0.0357. The number of nitrogens with one attached hydrogen (secondary N) is 5. The van der Waals surface area contributed by atoms with Crippen molar-refractivity contribution in [1.82, 2.24) is 21.5 Å². The molecule has 0 aliphatic carbocycles. The fourth-order valence-electron chi connectivity index (χ4n) is 2.73. The first-order valence-corrected chi connectivity index (χ1v) is 9.78. The number of carbonyl (C=O) groups excluding carboxylic acids is 2. The molecule has 0 spiro atoms. The Morgan fingerprint density at radius 3 is 2.31 bits per heavy atom. The number of anilines is 1. The molecule has 3 atom stereocenters. The molecule has 1 fully saturated rings. The van der Waals surface area contributed by atoms with Gasteiger partial charge in [0.25, 0.3) is 0 Å². The summed E-state index contributed by atoms with van der Waals surface area (Å²) in [6.07, 6.45) is 0. The Bertz CT molecular complexity index is 621. The zero-order chi connectivity index (χ0) is 19.3. The quantitative estimate of drug-likeness (QED) is 0.451. The number of urea groups is 1. The van der Waals surface area contributed by atoms with E-state index in [-0.39, 0.29) is 34.9 Å². The molecule has 7 nitrogen and oxygen atoms in total. The van der Waals surface area contributed by atoms with Crippen molar-refractivity contribution in [2.45, 2.75) is 57.2 Å². The van der Waals surface area contributed by atoms with E-state index in [1.165, 1.54) is 0 Å². The maximum atomic E-state index is 12.4. The van der Waals surface area contributed by atoms with Gasteiger partial charge in [0, 0.05) is 24.3 Å². The Hall–Kier alpha value is -1.64. The summed E-state index contributed by atoms with van der Waals surface area (Å²) < 4.78 is 0. The summed E-state index contributed by atoms with van der Waals surface area (Å²) in [5.41, 5.74) is 7.90. The second-order valence-electron chi connectivity index (χ2n) is 7.15. The van der Waals surface area contributed by atoms with Crippen molar-refractivity contribution >= 4 is 33.6 Å². The minimum Gasteiger partial charge on any atom is -0.351 e. The molecule has 0 radical (unpaired) electrons. The first-order chi connectivity index (χ1) is 12.3. The van der Waals surface area contributed by atoms with E-state index in [0.717, 1.165) is 5.56 Å². The van der Waals surface area contributed by atoms with Crippen LogP contribution in [0.1, 0.15) is 33.3 Å². The molecule has 5 N–H and O–H groups in total. The average Bonchev–Trinajstić information content (AvgIpc) is 2.95. The Balaban J connectivity index is 1.82. The largest absolute Gasteiger partial charge is 0.351 e. The van der Waals surface area contributed by atoms with Crippen LogP contribution in [0.2, 0.25) is 0 Å². The van der Waals surface area contributed by atoms with Crippen LogP contribution in [0.3, 0.4) is 0 Å². The molecule has 0 bridgehead atoms. The third-order valence-electron chi connectivity index (χ3n) is 4.17. The van der Waals surface area contributed by atoms with Crippen molar-refractivity contribution in [1.29, 1.82) is 0 Å². The topological polar surface area (TPSA) is 94.3 Å². The van der Waals surface area contributed by atoms with Gasteiger partial charge in [0.1, 0.15) is 6.04 Å². The van der Waals surface area contributed by atoms with Crippen molar-refractivity contribution in [3.63, 3.8) is 0 Å². The highest BCUT2D eigenvalue weighted by molar-refractivity contribution is 9.09. The van der Waals surface area contributed by atoms with Gasteiger partial charge in [-0.3, -0.25) is 10.2 Å². The number of hydrogen-bond acceptors (Lipinski definition) is 4. The predicted molar refractivity (Wildman–Crippen MR) is 107 cm³/mol. The predicted octanol–water partition coefficient (Wildman–Crippen LogP) is 2.10. The summed E-state index contributed by atoms with van der Waals surface area (Å²) in [4.78, 5) is 24.1. The van der Waals surface area contributed by atoms with E-state index in [1.54, 1.807) is 0 Å². The lowest BCUT2D eigenvalue weighted by Gasteiger charge is -2.19. The molecule has 26 heavy (non-hydrogen) atoms. The Morgan fingerprint density at radius 1 is 1.12 bits per heavy atom. The van der Waals surface area contributed by atoms with E-state index in [1.807, 2.05) is 38.1 Å². The first-order valence-electron chi connectivity index (χ1n) is 8.87. The van der Waals surface area contributed by atoms with E-state index in [9.17, 15) is 9.59 Å². The molecular weight excluding hydrogens is 398 g/mol. The summed E-state index contributed by atoms with van der Waals surface area (Å²) >= 11 is 3.62. The van der Waals surface area contributed by atoms with Gasteiger partial charge in [0.15, 0.2) is 0 Å². The van der Waals surface area contributed by atoms with E-state index in [4.69, 9.17) is 0 Å². The van der Waals surface area contributed by atoms with Crippen molar-refractivity contribution in [2.24, 2.45) is 5.92 Å². The molecule has 3 unspecified atom stereocenters. The number of hydrazine groups is 1. The highest BCUT2D eigenvalue weighted by Crippen LogP contribution is 2.21. The van der Waals surface area contributed by atoms with Crippen molar-refractivity contribution < 1.29 is 9.59 Å². The summed E-state index contributed by atoms with van der Waals surface area (Å²) in [5, 5.41) is 8.48. The molecule has 1 aromatic rings. The van der Waals surface area contributed by atoms with Gasteiger partial charge in [-0.25, -0.2) is 10.2 Å². The fraction of sp³-hybridized carbons (Fsp3) is 0.556. The number of amides is 3. The third-order valence-corrected chi connectivity index (χ3v) is 5.26. The van der Waals surface area contributed by atoms with Crippen LogP contribution in [0.4, 0.5) is 10.5 Å². The number of hydrogen-bond donors (Lipinski definition) is 5. The zero-order valence-electron chi connectivity index (χ0n) is 15.6. The second kappa shape index (κ2) is 9.34. The number of carbonyl (C=O) groups is 2. The smallest absolute Gasteiger partial charge is 0.319 e. The van der Waals surface area contributed by atoms with Gasteiger partial charge in [-0.15, -0.1) is 0 Å². The van der Waals surface area contributed by atoms with E-state index in [0.29, 0.717) is 18.2 Å². The van der Waals surface area contributed by atoms with Gasteiger partial charge >= 0.3 is 6.03 Å². The minimum atomic E-state index is -0.317. The van der Waals surface area contributed by atoms with Gasteiger partial charge in [-0.1, -0.05) is 41.9 Å². The van der Waals surface area contributed by atoms with Gasteiger partial charge < -0.3 is 16.0 Å². The van der Waals surface area contributed by atoms with Gasteiger partial charge in [-0.05, 0) is 37.5 Å². The maximum absolute atomic E-state index is 12.4. The highest BCUT2D eigenvalue weighted by Gasteiger charge is 2.39. The molecule has 2 rings (SSSR count). The lowest BCUT2D eigenvalue weighted by molar-refractivity contribution is -0.122. The fourth-order valence-corrected chi connectivity index (χ4v) is 3.85. The van der Waals surface area contributed by atoms with Gasteiger partial charge in [0.2, 0.25) is 5.91 Å². The van der Waals surface area contributed by atoms with Crippen LogP contribution in [0, 0.1) is 5.92 Å². The van der Waals surface area contributed by atoms with Crippen LogP contribution < -0.4 is 26.8 Å². The average molecular weight is 426 g/mol. The van der Waals surface area contributed by atoms with Crippen LogP contribution in [-0.2, 0) is 11.3 Å². The van der Waals surface area contributed by atoms with Crippen LogP contribution in [0.15, 0.2) is 24.3 Å². The number of alkyl halides is 1. The molecule has 1 aliphatic heterocycles. The summed E-state index contributed by atoms with van der Waals surface area (Å²) in [6.45, 7) is 8.47. The Labute approximate surface area is 163 Å². The lowest BCUT2D eigenvalue weighted by Crippen LogP contribution is -2.45. The number of halogens is 1. The van der Waals surface area contributed by atoms with Crippen LogP contribution in [-0.4, -0.2) is 34.9 Å². The standard InChI is InChI=1S/C18H28BrN5O2/c1-10(2)15-14(19)16(24-23-15)17(25)20-9-12-5-7-13(8-6-12)22-18(26)21-11(3)4/h5-8,10-11,14-16,23-24H,9H2,1-4H3,(H,20,25)(H2,21,22,26).